The van der Waals surface area contributed by atoms with Crippen molar-refractivity contribution in [2.45, 2.75) is 25.7 Å². The van der Waals surface area contributed by atoms with Gasteiger partial charge in [-0.1, -0.05) is 0 Å². The fraction of sp³-hybridized carbons (Fsp3) is 0.455. The fourth-order valence-corrected chi connectivity index (χ4v) is 1.26. The monoisotopic (exact) mass is 237 g/mol. The Balaban J connectivity index is 2.10. The van der Waals surface area contributed by atoms with Crippen LogP contribution in [0.2, 0.25) is 0 Å². The van der Waals surface area contributed by atoms with Gasteiger partial charge in [0.1, 0.15) is 5.82 Å². The summed E-state index contributed by atoms with van der Waals surface area (Å²) < 4.78 is 0. The molecule has 0 aliphatic heterocycles. The standard InChI is InChI=1S/C11H15N3O3/c15-10(3-1-4-11(16)17)14-8-5-9-12-6-2-7-13-9/h2,6-7H,1,3-5,8H2,(H,14,15)(H,16,17). The van der Waals surface area contributed by atoms with Crippen molar-refractivity contribution in [2.24, 2.45) is 0 Å². The predicted molar refractivity (Wildman–Crippen MR) is 60.2 cm³/mol. The van der Waals surface area contributed by atoms with E-state index in [1.54, 1.807) is 18.5 Å². The number of carbonyl (C=O) groups is 2. The van der Waals surface area contributed by atoms with Crippen LogP contribution < -0.4 is 5.32 Å². The molecule has 0 aromatic carbocycles. The highest BCUT2D eigenvalue weighted by molar-refractivity contribution is 5.76. The second-order valence-electron chi connectivity index (χ2n) is 3.51. The number of aromatic nitrogens is 2. The Morgan fingerprint density at radius 2 is 1.94 bits per heavy atom. The third-order valence-electron chi connectivity index (χ3n) is 2.08. The van der Waals surface area contributed by atoms with E-state index in [4.69, 9.17) is 5.11 Å². The summed E-state index contributed by atoms with van der Waals surface area (Å²) in [5.41, 5.74) is 0. The number of hydrogen-bond donors (Lipinski definition) is 2. The number of carboxylic acid groups (broad SMARTS) is 1. The topological polar surface area (TPSA) is 92.2 Å². The average Bonchev–Trinajstić information content (AvgIpc) is 2.30. The van der Waals surface area contributed by atoms with Gasteiger partial charge in [0.15, 0.2) is 0 Å². The molecule has 0 saturated heterocycles. The second kappa shape index (κ2) is 7.32. The summed E-state index contributed by atoms with van der Waals surface area (Å²) in [7, 11) is 0. The smallest absolute Gasteiger partial charge is 0.303 e. The zero-order chi connectivity index (χ0) is 12.5. The molecular weight excluding hydrogens is 222 g/mol. The fourth-order valence-electron chi connectivity index (χ4n) is 1.26. The van der Waals surface area contributed by atoms with Gasteiger partial charge in [-0.3, -0.25) is 9.59 Å². The van der Waals surface area contributed by atoms with Crippen LogP contribution in [0.25, 0.3) is 0 Å². The van der Waals surface area contributed by atoms with Crippen LogP contribution >= 0.6 is 0 Å². The molecule has 1 aromatic heterocycles. The highest BCUT2D eigenvalue weighted by Crippen LogP contribution is 1.95. The minimum Gasteiger partial charge on any atom is -0.481 e. The molecule has 0 radical (unpaired) electrons. The van der Waals surface area contributed by atoms with Crippen LogP contribution in [0.4, 0.5) is 0 Å². The molecule has 0 saturated carbocycles. The largest absolute Gasteiger partial charge is 0.481 e. The molecule has 0 fully saturated rings. The van der Waals surface area contributed by atoms with Crippen molar-refractivity contribution in [3.63, 3.8) is 0 Å². The molecule has 6 heteroatoms. The van der Waals surface area contributed by atoms with Crippen LogP contribution in [0.3, 0.4) is 0 Å². The molecule has 17 heavy (non-hydrogen) atoms. The highest BCUT2D eigenvalue weighted by atomic mass is 16.4. The van der Waals surface area contributed by atoms with Crippen LogP contribution in [0.1, 0.15) is 25.1 Å². The van der Waals surface area contributed by atoms with Gasteiger partial charge in [-0.05, 0) is 12.5 Å². The SMILES string of the molecule is O=C(O)CCCC(=O)NCCc1ncccn1. The Morgan fingerprint density at radius 3 is 2.59 bits per heavy atom. The predicted octanol–water partition coefficient (Wildman–Crippen LogP) is 0.390. The number of carboxylic acids is 1. The van der Waals surface area contributed by atoms with E-state index in [9.17, 15) is 9.59 Å². The van der Waals surface area contributed by atoms with Crippen LogP contribution in [-0.2, 0) is 16.0 Å². The molecule has 92 valence electrons. The van der Waals surface area contributed by atoms with Gasteiger partial charge in [0, 0.05) is 38.2 Å². The first-order chi connectivity index (χ1) is 8.18. The normalized spacial score (nSPS) is 9.88. The van der Waals surface area contributed by atoms with Crippen molar-refractivity contribution >= 4 is 11.9 Å². The van der Waals surface area contributed by atoms with Crippen LogP contribution in [0, 0.1) is 0 Å². The van der Waals surface area contributed by atoms with Gasteiger partial charge in [-0.2, -0.15) is 0 Å². The number of aliphatic carboxylic acids is 1. The summed E-state index contributed by atoms with van der Waals surface area (Å²) in [5.74, 6) is -0.337. The van der Waals surface area contributed by atoms with E-state index in [1.807, 2.05) is 0 Å². The van der Waals surface area contributed by atoms with Gasteiger partial charge in [-0.25, -0.2) is 9.97 Å². The maximum Gasteiger partial charge on any atom is 0.303 e. The van der Waals surface area contributed by atoms with Crippen molar-refractivity contribution in [3.05, 3.63) is 24.3 Å². The summed E-state index contributed by atoms with van der Waals surface area (Å²) in [6.07, 6.45) is 4.50. The minimum atomic E-state index is -0.879. The number of hydrogen-bond acceptors (Lipinski definition) is 4. The van der Waals surface area contributed by atoms with Crippen molar-refractivity contribution in [2.75, 3.05) is 6.54 Å². The summed E-state index contributed by atoms with van der Waals surface area (Å²) in [5, 5.41) is 11.1. The number of nitrogens with zero attached hydrogens (tertiary/aromatic N) is 2. The number of carbonyl (C=O) groups excluding carboxylic acids is 1. The molecule has 0 aliphatic carbocycles. The molecule has 1 aromatic rings. The first-order valence-corrected chi connectivity index (χ1v) is 5.43. The summed E-state index contributed by atoms with van der Waals surface area (Å²) >= 11 is 0. The molecular formula is C11H15N3O3. The number of amides is 1. The van der Waals surface area contributed by atoms with E-state index in [-0.39, 0.29) is 18.7 Å². The van der Waals surface area contributed by atoms with Gasteiger partial charge in [0.25, 0.3) is 0 Å². The zero-order valence-corrected chi connectivity index (χ0v) is 9.43. The molecule has 1 amide bonds. The Labute approximate surface area is 99.1 Å². The highest BCUT2D eigenvalue weighted by Gasteiger charge is 2.03. The van der Waals surface area contributed by atoms with Crippen molar-refractivity contribution in [1.29, 1.82) is 0 Å². The van der Waals surface area contributed by atoms with E-state index in [0.717, 1.165) is 0 Å². The molecule has 0 aliphatic rings. The average molecular weight is 237 g/mol. The Morgan fingerprint density at radius 1 is 1.24 bits per heavy atom. The lowest BCUT2D eigenvalue weighted by Gasteiger charge is -2.03. The molecule has 1 rings (SSSR count). The second-order valence-corrected chi connectivity index (χ2v) is 3.51. The van der Waals surface area contributed by atoms with Gasteiger partial charge < -0.3 is 10.4 Å². The quantitative estimate of drug-likeness (QED) is 0.715. The molecule has 1 heterocycles. The Bertz CT molecular complexity index is 367. The van der Waals surface area contributed by atoms with Gasteiger partial charge in [0.2, 0.25) is 5.91 Å². The molecule has 0 spiro atoms. The number of rotatable bonds is 7. The third-order valence-corrected chi connectivity index (χ3v) is 2.08. The van der Waals surface area contributed by atoms with E-state index < -0.39 is 5.97 Å². The van der Waals surface area contributed by atoms with Crippen LogP contribution in [0.15, 0.2) is 18.5 Å². The molecule has 0 bridgehead atoms. The zero-order valence-electron chi connectivity index (χ0n) is 9.43. The van der Waals surface area contributed by atoms with Crippen molar-refractivity contribution < 1.29 is 14.7 Å². The third kappa shape index (κ3) is 6.24. The van der Waals surface area contributed by atoms with Gasteiger partial charge in [-0.15, -0.1) is 0 Å². The molecule has 0 atom stereocenters. The molecule has 2 N–H and O–H groups in total. The Hall–Kier alpha value is -1.98. The number of nitrogens with one attached hydrogen (secondary N) is 1. The van der Waals surface area contributed by atoms with E-state index in [2.05, 4.69) is 15.3 Å². The molecule has 0 unspecified atom stereocenters. The first-order valence-electron chi connectivity index (χ1n) is 5.43. The summed E-state index contributed by atoms with van der Waals surface area (Å²) in [6.45, 7) is 0.468. The lowest BCUT2D eigenvalue weighted by Crippen LogP contribution is -2.25. The first kappa shape index (κ1) is 13.1. The van der Waals surface area contributed by atoms with E-state index >= 15 is 0 Å². The van der Waals surface area contributed by atoms with Gasteiger partial charge >= 0.3 is 5.97 Å². The summed E-state index contributed by atoms with van der Waals surface area (Å²) in [6, 6.07) is 1.73. The van der Waals surface area contributed by atoms with Crippen molar-refractivity contribution in [1.82, 2.24) is 15.3 Å². The van der Waals surface area contributed by atoms with Crippen molar-refractivity contribution in [3.8, 4) is 0 Å². The summed E-state index contributed by atoms with van der Waals surface area (Å²) in [4.78, 5) is 29.5. The van der Waals surface area contributed by atoms with Gasteiger partial charge in [0.05, 0.1) is 0 Å². The van der Waals surface area contributed by atoms with Crippen LogP contribution in [-0.4, -0.2) is 33.5 Å². The van der Waals surface area contributed by atoms with E-state index in [1.165, 1.54) is 0 Å². The van der Waals surface area contributed by atoms with Crippen LogP contribution in [0.5, 0.6) is 0 Å². The molecule has 6 nitrogen and oxygen atoms in total. The maximum absolute atomic E-state index is 11.3. The minimum absolute atomic E-state index is 0.0230. The lowest BCUT2D eigenvalue weighted by atomic mass is 10.2. The Kier molecular flexibility index (Phi) is 5.63. The van der Waals surface area contributed by atoms with E-state index in [0.29, 0.717) is 25.2 Å². The maximum atomic E-state index is 11.3. The lowest BCUT2D eigenvalue weighted by molar-refractivity contribution is -0.137.